The van der Waals surface area contributed by atoms with Crippen LogP contribution in [0, 0.1) is 5.92 Å². The molecule has 0 aliphatic heterocycles. The molecule has 98 valence electrons. The maximum atomic E-state index is 11.7. The van der Waals surface area contributed by atoms with E-state index in [1.807, 2.05) is 0 Å². The molecule has 5 N–H and O–H groups in total. The summed E-state index contributed by atoms with van der Waals surface area (Å²) in [5.74, 6) is -1.58. The van der Waals surface area contributed by atoms with Crippen LogP contribution in [0.5, 0.6) is 0 Å². The summed E-state index contributed by atoms with van der Waals surface area (Å²) in [6, 6.07) is -2.05. The molecule has 0 aliphatic carbocycles. The lowest BCUT2D eigenvalue weighted by Crippen LogP contribution is -2.53. The average molecular weight is 245 g/mol. The molecule has 0 bridgehead atoms. The van der Waals surface area contributed by atoms with Gasteiger partial charge in [-0.05, 0) is 12.8 Å². The SMILES string of the molecule is CC(CC(=O)O)NC(=O)C(NC(N)=O)C(C)C. The summed E-state index contributed by atoms with van der Waals surface area (Å²) in [6.07, 6.45) is -0.173. The fraction of sp³-hybridized carbons (Fsp3) is 0.700. The Bertz CT molecular complexity index is 304. The lowest BCUT2D eigenvalue weighted by molar-refractivity contribution is -0.137. The molecule has 0 radical (unpaired) electrons. The highest BCUT2D eigenvalue weighted by atomic mass is 16.4. The third-order valence-corrected chi connectivity index (χ3v) is 2.12. The van der Waals surface area contributed by atoms with Crippen LogP contribution in [0.3, 0.4) is 0 Å². The van der Waals surface area contributed by atoms with Gasteiger partial charge >= 0.3 is 12.0 Å². The summed E-state index contributed by atoms with van der Waals surface area (Å²) in [5.41, 5.74) is 4.96. The molecule has 7 nitrogen and oxygen atoms in total. The van der Waals surface area contributed by atoms with Gasteiger partial charge in [0.25, 0.3) is 0 Å². The molecule has 0 aromatic rings. The lowest BCUT2D eigenvalue weighted by atomic mass is 10.0. The summed E-state index contributed by atoms with van der Waals surface area (Å²) in [7, 11) is 0. The minimum Gasteiger partial charge on any atom is -0.481 e. The van der Waals surface area contributed by atoms with Crippen LogP contribution in [0.4, 0.5) is 4.79 Å². The van der Waals surface area contributed by atoms with Crippen LogP contribution < -0.4 is 16.4 Å². The second-order valence-corrected chi connectivity index (χ2v) is 4.24. The molecular formula is C10H19N3O4. The van der Waals surface area contributed by atoms with Crippen molar-refractivity contribution in [1.82, 2.24) is 10.6 Å². The lowest BCUT2D eigenvalue weighted by Gasteiger charge is -2.22. The number of primary amides is 1. The Kier molecular flexibility index (Phi) is 6.01. The van der Waals surface area contributed by atoms with E-state index in [9.17, 15) is 14.4 Å². The zero-order valence-corrected chi connectivity index (χ0v) is 10.2. The van der Waals surface area contributed by atoms with Gasteiger partial charge in [0.2, 0.25) is 5.91 Å². The molecule has 0 aromatic carbocycles. The second kappa shape index (κ2) is 6.72. The Morgan fingerprint density at radius 1 is 1.18 bits per heavy atom. The number of nitrogens with one attached hydrogen (secondary N) is 2. The summed E-state index contributed by atoms with van der Waals surface area (Å²) >= 11 is 0. The molecule has 0 spiro atoms. The van der Waals surface area contributed by atoms with Crippen molar-refractivity contribution < 1.29 is 19.5 Å². The number of amides is 3. The van der Waals surface area contributed by atoms with Crippen LogP contribution >= 0.6 is 0 Å². The minimum atomic E-state index is -0.998. The number of rotatable bonds is 6. The van der Waals surface area contributed by atoms with Gasteiger partial charge in [0.1, 0.15) is 6.04 Å². The molecule has 0 saturated heterocycles. The van der Waals surface area contributed by atoms with Gasteiger partial charge in [0.15, 0.2) is 0 Å². The summed E-state index contributed by atoms with van der Waals surface area (Å²) in [6.45, 7) is 5.08. The van der Waals surface area contributed by atoms with Crippen LogP contribution in [0.15, 0.2) is 0 Å². The average Bonchev–Trinajstić information content (AvgIpc) is 2.11. The van der Waals surface area contributed by atoms with Gasteiger partial charge in [0, 0.05) is 6.04 Å². The molecule has 17 heavy (non-hydrogen) atoms. The van der Waals surface area contributed by atoms with Gasteiger partial charge in [-0.3, -0.25) is 9.59 Å². The standard InChI is InChI=1S/C10H19N3O4/c1-5(2)8(13-10(11)17)9(16)12-6(3)4-7(14)15/h5-6,8H,4H2,1-3H3,(H,12,16)(H,14,15)(H3,11,13,17). The van der Waals surface area contributed by atoms with Gasteiger partial charge in [-0.15, -0.1) is 0 Å². The van der Waals surface area contributed by atoms with Gasteiger partial charge in [0.05, 0.1) is 6.42 Å². The molecule has 0 aromatic heterocycles. The van der Waals surface area contributed by atoms with Crippen LogP contribution in [0.1, 0.15) is 27.2 Å². The fourth-order valence-electron chi connectivity index (χ4n) is 1.33. The first-order valence-corrected chi connectivity index (χ1v) is 5.32. The maximum Gasteiger partial charge on any atom is 0.312 e. The molecule has 0 saturated carbocycles. The largest absolute Gasteiger partial charge is 0.481 e. The van der Waals surface area contributed by atoms with Gasteiger partial charge in [-0.25, -0.2) is 4.79 Å². The van der Waals surface area contributed by atoms with Crippen molar-refractivity contribution in [2.75, 3.05) is 0 Å². The smallest absolute Gasteiger partial charge is 0.312 e. The molecule has 0 aliphatic rings. The monoisotopic (exact) mass is 245 g/mol. The van der Waals surface area contributed by atoms with E-state index < -0.39 is 30.0 Å². The van der Waals surface area contributed by atoms with Crippen molar-refractivity contribution in [2.24, 2.45) is 11.7 Å². The quantitative estimate of drug-likeness (QED) is 0.511. The number of carbonyl (C=O) groups is 3. The van der Waals surface area contributed by atoms with Crippen LogP contribution in [-0.4, -0.2) is 35.1 Å². The van der Waals surface area contributed by atoms with Crippen molar-refractivity contribution in [3.8, 4) is 0 Å². The highest BCUT2D eigenvalue weighted by Gasteiger charge is 2.24. The number of nitrogens with two attached hydrogens (primary N) is 1. The predicted molar refractivity (Wildman–Crippen MR) is 61.2 cm³/mol. The number of carboxylic acids is 1. The molecule has 3 amide bonds. The zero-order chi connectivity index (χ0) is 13.6. The fourth-order valence-corrected chi connectivity index (χ4v) is 1.33. The van der Waals surface area contributed by atoms with Crippen molar-refractivity contribution >= 4 is 17.9 Å². The number of hydrogen-bond acceptors (Lipinski definition) is 3. The Morgan fingerprint density at radius 2 is 1.71 bits per heavy atom. The van der Waals surface area contributed by atoms with Crippen molar-refractivity contribution in [2.45, 2.75) is 39.3 Å². The minimum absolute atomic E-state index is 0.139. The van der Waals surface area contributed by atoms with Crippen molar-refractivity contribution in [3.63, 3.8) is 0 Å². The van der Waals surface area contributed by atoms with Crippen LogP contribution in [-0.2, 0) is 9.59 Å². The van der Waals surface area contributed by atoms with Crippen LogP contribution in [0.2, 0.25) is 0 Å². The maximum absolute atomic E-state index is 11.7. The van der Waals surface area contributed by atoms with E-state index >= 15 is 0 Å². The molecule has 2 atom stereocenters. The number of hydrogen-bond donors (Lipinski definition) is 4. The first-order chi connectivity index (χ1) is 7.73. The normalized spacial score (nSPS) is 13.9. The molecule has 0 heterocycles. The number of aliphatic carboxylic acids is 1. The number of urea groups is 1. The highest BCUT2D eigenvalue weighted by Crippen LogP contribution is 2.02. The zero-order valence-electron chi connectivity index (χ0n) is 10.2. The van der Waals surface area contributed by atoms with E-state index in [1.165, 1.54) is 0 Å². The second-order valence-electron chi connectivity index (χ2n) is 4.24. The van der Waals surface area contributed by atoms with E-state index in [0.29, 0.717) is 0 Å². The highest BCUT2D eigenvalue weighted by molar-refractivity contribution is 5.87. The number of carboxylic acid groups (broad SMARTS) is 1. The van der Waals surface area contributed by atoms with Crippen molar-refractivity contribution in [3.05, 3.63) is 0 Å². The third-order valence-electron chi connectivity index (χ3n) is 2.12. The predicted octanol–water partition coefficient (Wildman–Crippen LogP) is -0.341. The van der Waals surface area contributed by atoms with Gasteiger partial charge in [-0.1, -0.05) is 13.8 Å². The molecule has 7 heteroatoms. The Labute approximate surface area is 99.7 Å². The van der Waals surface area contributed by atoms with Gasteiger partial charge < -0.3 is 21.5 Å². The van der Waals surface area contributed by atoms with Gasteiger partial charge in [-0.2, -0.15) is 0 Å². The van der Waals surface area contributed by atoms with E-state index in [2.05, 4.69) is 10.6 Å². The van der Waals surface area contributed by atoms with E-state index in [0.717, 1.165) is 0 Å². The topological polar surface area (TPSA) is 122 Å². The Hall–Kier alpha value is -1.79. The van der Waals surface area contributed by atoms with Crippen molar-refractivity contribution in [1.29, 1.82) is 0 Å². The van der Waals surface area contributed by atoms with E-state index in [1.54, 1.807) is 20.8 Å². The summed E-state index contributed by atoms with van der Waals surface area (Å²) in [4.78, 5) is 32.9. The summed E-state index contributed by atoms with van der Waals surface area (Å²) in [5, 5.41) is 13.4. The third kappa shape index (κ3) is 6.39. The van der Waals surface area contributed by atoms with E-state index in [-0.39, 0.29) is 12.3 Å². The number of carbonyl (C=O) groups excluding carboxylic acids is 2. The molecule has 0 fully saturated rings. The Morgan fingerprint density at radius 3 is 2.06 bits per heavy atom. The van der Waals surface area contributed by atoms with E-state index in [4.69, 9.17) is 10.8 Å². The molecule has 2 unspecified atom stereocenters. The Balaban J connectivity index is 4.42. The summed E-state index contributed by atoms with van der Waals surface area (Å²) < 4.78 is 0. The van der Waals surface area contributed by atoms with Crippen LogP contribution in [0.25, 0.3) is 0 Å². The first kappa shape index (κ1) is 15.2. The molecule has 0 rings (SSSR count). The molecular weight excluding hydrogens is 226 g/mol. The first-order valence-electron chi connectivity index (χ1n) is 5.32.